The van der Waals surface area contributed by atoms with Crippen molar-refractivity contribution < 1.29 is 23.8 Å². The van der Waals surface area contributed by atoms with E-state index in [0.29, 0.717) is 25.4 Å². The number of hydrogen-bond donors (Lipinski definition) is 0. The zero-order valence-corrected chi connectivity index (χ0v) is 18.2. The van der Waals surface area contributed by atoms with Crippen LogP contribution in [-0.2, 0) is 16.1 Å². The molecule has 3 aliphatic heterocycles. The molecule has 0 spiro atoms. The number of hydrogen-bond acceptors (Lipinski definition) is 6. The predicted octanol–water partition coefficient (Wildman–Crippen LogP) is 2.12. The minimum Gasteiger partial charge on any atom is -0.497 e. The van der Waals surface area contributed by atoms with Crippen LogP contribution >= 0.6 is 0 Å². The molecule has 2 aromatic rings. The van der Waals surface area contributed by atoms with Crippen molar-refractivity contribution in [3.63, 3.8) is 0 Å². The first-order valence-electron chi connectivity index (χ1n) is 10.9. The van der Waals surface area contributed by atoms with E-state index in [-0.39, 0.29) is 30.9 Å². The van der Waals surface area contributed by atoms with Crippen molar-refractivity contribution in [2.24, 2.45) is 5.92 Å². The van der Waals surface area contributed by atoms with Gasteiger partial charge in [0.2, 0.25) is 18.6 Å². The van der Waals surface area contributed by atoms with Crippen LogP contribution in [0.4, 0.5) is 5.69 Å². The Balaban J connectivity index is 1.15. The summed E-state index contributed by atoms with van der Waals surface area (Å²) in [5.41, 5.74) is 1.95. The smallest absolute Gasteiger partial charge is 0.231 e. The quantitative estimate of drug-likeness (QED) is 0.714. The van der Waals surface area contributed by atoms with Crippen LogP contribution in [-0.4, -0.2) is 68.2 Å². The van der Waals surface area contributed by atoms with Gasteiger partial charge < -0.3 is 24.0 Å². The molecule has 2 amide bonds. The lowest BCUT2D eigenvalue weighted by Crippen LogP contribution is -2.50. The molecule has 0 aromatic heterocycles. The third-order valence-electron chi connectivity index (χ3n) is 6.37. The maximum absolute atomic E-state index is 13.1. The van der Waals surface area contributed by atoms with Gasteiger partial charge in [0.05, 0.1) is 13.0 Å². The summed E-state index contributed by atoms with van der Waals surface area (Å²) >= 11 is 0. The fourth-order valence-corrected chi connectivity index (χ4v) is 4.58. The van der Waals surface area contributed by atoms with Gasteiger partial charge in [-0.15, -0.1) is 0 Å². The molecule has 2 fully saturated rings. The van der Waals surface area contributed by atoms with E-state index in [2.05, 4.69) is 11.0 Å². The third kappa shape index (κ3) is 4.10. The molecule has 5 rings (SSSR count). The zero-order chi connectivity index (χ0) is 22.1. The highest BCUT2D eigenvalue weighted by atomic mass is 16.7. The van der Waals surface area contributed by atoms with E-state index < -0.39 is 0 Å². The van der Waals surface area contributed by atoms with Gasteiger partial charge in [0.15, 0.2) is 11.5 Å². The number of carbonyl (C=O) groups excluding carboxylic acids is 2. The molecule has 8 nitrogen and oxygen atoms in total. The summed E-state index contributed by atoms with van der Waals surface area (Å²) in [7, 11) is 1.60. The molecule has 1 atom stereocenters. The number of amides is 2. The highest BCUT2D eigenvalue weighted by molar-refractivity contribution is 6.00. The number of rotatable bonds is 5. The van der Waals surface area contributed by atoms with Gasteiger partial charge in [-0.3, -0.25) is 14.5 Å². The molecule has 0 saturated carbocycles. The van der Waals surface area contributed by atoms with Crippen LogP contribution in [0.2, 0.25) is 0 Å². The van der Waals surface area contributed by atoms with E-state index in [1.165, 1.54) is 5.56 Å². The number of ether oxygens (including phenoxy) is 3. The van der Waals surface area contributed by atoms with Crippen LogP contribution < -0.4 is 19.1 Å². The van der Waals surface area contributed by atoms with Gasteiger partial charge in [-0.05, 0) is 29.8 Å². The summed E-state index contributed by atoms with van der Waals surface area (Å²) in [5, 5.41) is 0. The first kappa shape index (κ1) is 20.6. The number of carbonyl (C=O) groups is 2. The first-order valence-corrected chi connectivity index (χ1v) is 10.9. The molecule has 3 aliphatic rings. The highest BCUT2D eigenvalue weighted by Crippen LogP contribution is 2.33. The molecule has 0 aliphatic carbocycles. The van der Waals surface area contributed by atoms with Crippen molar-refractivity contribution in [3.05, 3.63) is 48.0 Å². The van der Waals surface area contributed by atoms with Gasteiger partial charge in [-0.2, -0.15) is 0 Å². The van der Waals surface area contributed by atoms with E-state index in [1.54, 1.807) is 12.0 Å². The van der Waals surface area contributed by atoms with E-state index in [0.717, 1.165) is 36.8 Å². The summed E-state index contributed by atoms with van der Waals surface area (Å²) in [6.07, 6.45) is 0.257. The van der Waals surface area contributed by atoms with Crippen molar-refractivity contribution >= 4 is 17.5 Å². The first-order chi connectivity index (χ1) is 15.6. The predicted molar refractivity (Wildman–Crippen MR) is 118 cm³/mol. The maximum Gasteiger partial charge on any atom is 0.231 e. The Hall–Kier alpha value is -3.26. The Kier molecular flexibility index (Phi) is 5.61. The fraction of sp³-hybridized carbons (Fsp3) is 0.417. The van der Waals surface area contributed by atoms with Crippen LogP contribution in [0, 0.1) is 5.92 Å². The van der Waals surface area contributed by atoms with Gasteiger partial charge in [0, 0.05) is 57.4 Å². The van der Waals surface area contributed by atoms with Crippen LogP contribution in [0.15, 0.2) is 42.5 Å². The molecular formula is C24H27N3O5. The molecule has 3 heterocycles. The zero-order valence-electron chi connectivity index (χ0n) is 18.2. The number of nitrogens with zero attached hydrogens (tertiary/aromatic N) is 3. The molecule has 32 heavy (non-hydrogen) atoms. The molecular weight excluding hydrogens is 410 g/mol. The van der Waals surface area contributed by atoms with Gasteiger partial charge in [-0.1, -0.05) is 12.1 Å². The molecule has 168 valence electrons. The summed E-state index contributed by atoms with van der Waals surface area (Å²) in [4.78, 5) is 31.6. The van der Waals surface area contributed by atoms with Crippen molar-refractivity contribution in [1.82, 2.24) is 9.80 Å². The largest absolute Gasteiger partial charge is 0.497 e. The lowest BCUT2D eigenvalue weighted by molar-refractivity contribution is -0.137. The van der Waals surface area contributed by atoms with E-state index >= 15 is 0 Å². The maximum atomic E-state index is 13.1. The molecule has 0 N–H and O–H groups in total. The second kappa shape index (κ2) is 8.70. The Morgan fingerprint density at radius 1 is 1.06 bits per heavy atom. The van der Waals surface area contributed by atoms with Gasteiger partial charge >= 0.3 is 0 Å². The average Bonchev–Trinajstić information content (AvgIpc) is 3.45. The molecule has 8 heteroatoms. The van der Waals surface area contributed by atoms with Crippen molar-refractivity contribution in [2.45, 2.75) is 13.0 Å². The second-order valence-corrected chi connectivity index (χ2v) is 8.40. The van der Waals surface area contributed by atoms with Crippen molar-refractivity contribution in [1.29, 1.82) is 0 Å². The normalized spacial score (nSPS) is 20.7. The van der Waals surface area contributed by atoms with Crippen LogP contribution in [0.1, 0.15) is 12.0 Å². The lowest BCUT2D eigenvalue weighted by Gasteiger charge is -2.36. The molecule has 2 aromatic carbocycles. The number of fused-ring (bicyclic) bond motifs is 1. The standard InChI is InChI=1S/C24H27N3O5/c1-30-20-4-2-3-19(13-20)27-15-18(12-23(27)28)24(29)26-9-7-25(8-10-26)14-17-5-6-21-22(11-17)32-16-31-21/h2-6,11,13,18H,7-10,12,14-16H2,1H3. The molecule has 2 saturated heterocycles. The van der Waals surface area contributed by atoms with Crippen molar-refractivity contribution in [3.8, 4) is 17.2 Å². The minimum atomic E-state index is -0.297. The lowest BCUT2D eigenvalue weighted by atomic mass is 10.1. The molecule has 1 unspecified atom stereocenters. The van der Waals surface area contributed by atoms with Gasteiger partial charge in [0.1, 0.15) is 5.75 Å². The summed E-state index contributed by atoms with van der Waals surface area (Å²) < 4.78 is 16.1. The Morgan fingerprint density at radius 2 is 1.88 bits per heavy atom. The summed E-state index contributed by atoms with van der Waals surface area (Å²) in [5.74, 6) is 2.04. The summed E-state index contributed by atoms with van der Waals surface area (Å²) in [6.45, 7) is 4.46. The number of methoxy groups -OCH3 is 1. The Morgan fingerprint density at radius 3 is 2.69 bits per heavy atom. The minimum absolute atomic E-state index is 0.0157. The summed E-state index contributed by atoms with van der Waals surface area (Å²) in [6, 6.07) is 13.4. The van der Waals surface area contributed by atoms with Crippen LogP contribution in [0.25, 0.3) is 0 Å². The average molecular weight is 437 g/mol. The Labute approximate surface area is 187 Å². The highest BCUT2D eigenvalue weighted by Gasteiger charge is 2.38. The third-order valence-corrected chi connectivity index (χ3v) is 6.37. The number of benzene rings is 2. The van der Waals surface area contributed by atoms with Crippen LogP contribution in [0.3, 0.4) is 0 Å². The monoisotopic (exact) mass is 437 g/mol. The second-order valence-electron chi connectivity index (χ2n) is 8.40. The van der Waals surface area contributed by atoms with Gasteiger partial charge in [0.25, 0.3) is 0 Å². The van der Waals surface area contributed by atoms with E-state index in [1.807, 2.05) is 41.3 Å². The van der Waals surface area contributed by atoms with E-state index in [4.69, 9.17) is 14.2 Å². The van der Waals surface area contributed by atoms with Crippen molar-refractivity contribution in [2.75, 3.05) is 51.5 Å². The molecule has 0 bridgehead atoms. The number of anilines is 1. The Bertz CT molecular complexity index is 1020. The fourth-order valence-electron chi connectivity index (χ4n) is 4.58. The number of piperazine rings is 1. The SMILES string of the molecule is COc1cccc(N2CC(C(=O)N3CCN(Cc4ccc5c(c4)OCO5)CC3)CC2=O)c1. The van der Waals surface area contributed by atoms with Crippen LogP contribution in [0.5, 0.6) is 17.2 Å². The molecule has 0 radical (unpaired) electrons. The topological polar surface area (TPSA) is 71.6 Å². The van der Waals surface area contributed by atoms with E-state index in [9.17, 15) is 9.59 Å². The van der Waals surface area contributed by atoms with Gasteiger partial charge in [-0.25, -0.2) is 0 Å².